The van der Waals surface area contributed by atoms with E-state index < -0.39 is 88.2 Å². The Morgan fingerprint density at radius 2 is 1.74 bits per heavy atom. The molecule has 228 valence electrons. The summed E-state index contributed by atoms with van der Waals surface area (Å²) in [6, 6.07) is 0.929. The van der Waals surface area contributed by atoms with Crippen LogP contribution in [0.3, 0.4) is 0 Å². The van der Waals surface area contributed by atoms with E-state index in [9.17, 15) is 23.9 Å². The molecule has 42 heavy (non-hydrogen) atoms. The van der Waals surface area contributed by atoms with E-state index in [1.165, 1.54) is 10.9 Å². The van der Waals surface area contributed by atoms with E-state index in [1.807, 2.05) is 4.98 Å². The number of alkyl halides is 2. The number of nitrogen functional groups attached to an aromatic ring is 1. The van der Waals surface area contributed by atoms with Gasteiger partial charge in [0.15, 0.2) is 36.3 Å². The highest BCUT2D eigenvalue weighted by molar-refractivity contribution is 8.07. The van der Waals surface area contributed by atoms with E-state index in [0.29, 0.717) is 0 Å². The molecule has 0 aromatic carbocycles. The van der Waals surface area contributed by atoms with Gasteiger partial charge in [-0.25, -0.2) is 33.1 Å². The number of aromatic nitrogens is 6. The number of phosphoric ester groups is 1. The number of fused-ring (bicyclic) bond motifs is 4. The molecule has 6 heterocycles. The lowest BCUT2D eigenvalue weighted by atomic mass is 10.1. The molecular formula is C19H21F2N7O11P2S. The molecule has 2 bridgehead atoms. The lowest BCUT2D eigenvalue weighted by Crippen LogP contribution is -2.37. The van der Waals surface area contributed by atoms with Crippen LogP contribution in [0.15, 0.2) is 34.5 Å². The van der Waals surface area contributed by atoms with Crippen LogP contribution in [0.5, 0.6) is 0 Å². The van der Waals surface area contributed by atoms with Crippen molar-refractivity contribution in [3.8, 4) is 0 Å². The summed E-state index contributed by atoms with van der Waals surface area (Å²) >= 11 is 5.02. The number of H-pyrrole nitrogens is 1. The first kappa shape index (κ1) is 29.5. The lowest BCUT2D eigenvalue weighted by Gasteiger charge is -2.26. The van der Waals surface area contributed by atoms with Crippen LogP contribution in [-0.4, -0.2) is 88.8 Å². The first-order valence-corrected chi connectivity index (χ1v) is 16.1. The maximum absolute atomic E-state index is 15.8. The molecule has 3 aliphatic heterocycles. The minimum atomic E-state index is -5.19. The van der Waals surface area contributed by atoms with Crippen LogP contribution >= 0.6 is 14.5 Å². The average Bonchev–Trinajstić information content (AvgIpc) is 3.57. The van der Waals surface area contributed by atoms with Crippen molar-refractivity contribution in [1.29, 1.82) is 0 Å². The van der Waals surface area contributed by atoms with Gasteiger partial charge in [-0.15, -0.1) is 0 Å². The molecule has 18 nitrogen and oxygen atoms in total. The second kappa shape index (κ2) is 10.9. The number of nitrogens with zero attached hydrogens (tertiary/aromatic N) is 5. The maximum Gasteiger partial charge on any atom is 0.472 e. The van der Waals surface area contributed by atoms with Crippen LogP contribution in [0.1, 0.15) is 12.5 Å². The largest absolute Gasteiger partial charge is 0.472 e. The Bertz CT molecular complexity index is 1730. The Hall–Kier alpha value is -2.55. The van der Waals surface area contributed by atoms with Gasteiger partial charge >= 0.3 is 20.2 Å². The van der Waals surface area contributed by atoms with E-state index in [-0.39, 0.29) is 17.0 Å². The van der Waals surface area contributed by atoms with E-state index >= 15 is 8.78 Å². The smallest absolute Gasteiger partial charge is 0.382 e. The van der Waals surface area contributed by atoms with Crippen LogP contribution < -0.4 is 17.0 Å². The summed E-state index contributed by atoms with van der Waals surface area (Å²) in [7, 11) is -5.19. The predicted molar refractivity (Wildman–Crippen MR) is 137 cm³/mol. The first-order chi connectivity index (χ1) is 19.8. The molecule has 23 heteroatoms. The fraction of sp³-hybridized carbons (Fsp3) is 0.526. The molecule has 0 spiro atoms. The highest BCUT2D eigenvalue weighted by Crippen LogP contribution is 2.54. The number of halogens is 2. The standard InChI is InChI=1S/C19H21F2N7O11P2S/c20-10-7-3-35-41(33,42)39-13-8(37-17(11(13)21)28-6-25-12-15(22)23-5-24-16(12)28)4-34-40(31,32)38-14(10)18(36-7)27-2-1-9(29)26-19(27)30/h1-2,5-8,10-11,13-14,17-18H,3-4H2,(H,31,32)(H,33,42)(H2,22,23,24)(H,26,29,30)/t7-,8-,10-,11-,13-,14-,17-,18-,41?/m1/s1. The van der Waals surface area contributed by atoms with Gasteiger partial charge < -0.3 is 29.5 Å². The Morgan fingerprint density at radius 1 is 1.00 bits per heavy atom. The number of ether oxygens (including phenoxy) is 2. The molecule has 0 saturated carbocycles. The van der Waals surface area contributed by atoms with E-state index in [2.05, 4.69) is 15.0 Å². The summed E-state index contributed by atoms with van der Waals surface area (Å²) in [5.74, 6) is 0.0115. The van der Waals surface area contributed by atoms with E-state index in [1.54, 1.807) is 0 Å². The summed E-state index contributed by atoms with van der Waals surface area (Å²) in [4.78, 5) is 58.9. The molecule has 0 amide bonds. The number of phosphoric acid groups is 1. The quantitative estimate of drug-likeness (QED) is 0.256. The summed E-state index contributed by atoms with van der Waals surface area (Å²) in [6.07, 6.45) is -11.1. The van der Waals surface area contributed by atoms with Gasteiger partial charge in [0, 0.05) is 12.3 Å². The lowest BCUT2D eigenvalue weighted by molar-refractivity contribution is -0.0665. The monoisotopic (exact) mass is 655 g/mol. The number of imidazole rings is 1. The predicted octanol–water partition coefficient (Wildman–Crippen LogP) is -0.436. The third-order valence-electron chi connectivity index (χ3n) is 6.63. The molecule has 5 N–H and O–H groups in total. The Balaban J connectivity index is 1.31. The minimum Gasteiger partial charge on any atom is -0.382 e. The van der Waals surface area contributed by atoms with Crippen molar-refractivity contribution in [3.05, 3.63) is 45.8 Å². The highest BCUT2D eigenvalue weighted by atomic mass is 32.5. The zero-order valence-electron chi connectivity index (χ0n) is 20.8. The summed E-state index contributed by atoms with van der Waals surface area (Å²) < 4.78 is 78.1. The van der Waals surface area contributed by atoms with Gasteiger partial charge in [-0.3, -0.25) is 32.5 Å². The molecule has 10 atom stereocenters. The number of hydrogen-bond donors (Lipinski definition) is 4. The number of aromatic amines is 1. The van der Waals surface area contributed by atoms with Crippen molar-refractivity contribution in [2.24, 2.45) is 0 Å². The maximum atomic E-state index is 15.8. The topological polar surface area (TPSA) is 237 Å². The number of nitrogens with one attached hydrogen (secondary N) is 1. The molecule has 0 aliphatic carbocycles. The van der Waals surface area contributed by atoms with E-state index in [0.717, 1.165) is 23.2 Å². The molecule has 3 aromatic heterocycles. The average molecular weight is 655 g/mol. The summed E-state index contributed by atoms with van der Waals surface area (Å²) in [6.45, 7) is -6.05. The summed E-state index contributed by atoms with van der Waals surface area (Å²) in [5, 5.41) is 0. The fourth-order valence-corrected chi connectivity index (χ4v) is 7.09. The third-order valence-corrected chi connectivity index (χ3v) is 9.18. The van der Waals surface area contributed by atoms with Crippen LogP contribution in [0.2, 0.25) is 0 Å². The third kappa shape index (κ3) is 5.46. The second-order valence-corrected chi connectivity index (χ2v) is 13.5. The van der Waals surface area contributed by atoms with Crippen LogP contribution in [0.4, 0.5) is 14.6 Å². The van der Waals surface area contributed by atoms with Crippen molar-refractivity contribution >= 4 is 43.3 Å². The molecule has 3 aromatic rings. The molecule has 3 fully saturated rings. The van der Waals surface area contributed by atoms with Gasteiger partial charge in [0.05, 0.1) is 19.5 Å². The van der Waals surface area contributed by atoms with Crippen molar-refractivity contribution in [1.82, 2.24) is 29.1 Å². The second-order valence-electron chi connectivity index (χ2n) is 9.29. The first-order valence-electron chi connectivity index (χ1n) is 12.0. The van der Waals surface area contributed by atoms with Crippen LogP contribution in [-0.2, 0) is 43.9 Å². The SMILES string of the molecule is Nc1ncnc2c1ncn2[C@@H]1O[C@@H]2COP(=O)(O)O[C@@H]3[C@H](F)[C@@H](COP(O)(=S)O[C@H]2[C@H]1F)O[C@H]3n1ccc(=O)[nH]c1=O. The Morgan fingerprint density at radius 3 is 2.50 bits per heavy atom. The minimum absolute atomic E-state index is 0.0115. The van der Waals surface area contributed by atoms with Gasteiger partial charge in [0.2, 0.25) is 0 Å². The van der Waals surface area contributed by atoms with Gasteiger partial charge in [0.25, 0.3) is 5.56 Å². The number of anilines is 1. The normalized spacial score (nSPS) is 39.3. The Labute approximate surface area is 237 Å². The van der Waals surface area contributed by atoms with Gasteiger partial charge in [-0.05, 0) is 11.8 Å². The molecule has 6 rings (SSSR count). The molecule has 2 unspecified atom stereocenters. The van der Waals surface area contributed by atoms with Crippen molar-refractivity contribution in [3.63, 3.8) is 0 Å². The molecule has 3 aliphatic rings. The van der Waals surface area contributed by atoms with Crippen LogP contribution in [0.25, 0.3) is 11.2 Å². The fourth-order valence-electron chi connectivity index (χ4n) is 4.73. The van der Waals surface area contributed by atoms with Gasteiger partial charge in [-0.1, -0.05) is 0 Å². The molecular weight excluding hydrogens is 634 g/mol. The van der Waals surface area contributed by atoms with Gasteiger partial charge in [0.1, 0.15) is 36.3 Å². The zero-order chi connectivity index (χ0) is 30.0. The summed E-state index contributed by atoms with van der Waals surface area (Å²) in [5.41, 5.74) is 4.22. The number of rotatable bonds is 2. The molecule has 3 saturated heterocycles. The van der Waals surface area contributed by atoms with Crippen molar-refractivity contribution in [2.45, 2.75) is 49.2 Å². The Kier molecular flexibility index (Phi) is 7.64. The van der Waals surface area contributed by atoms with Crippen molar-refractivity contribution in [2.75, 3.05) is 18.9 Å². The van der Waals surface area contributed by atoms with Crippen LogP contribution in [0, 0.1) is 0 Å². The highest BCUT2D eigenvalue weighted by Gasteiger charge is 2.54. The number of nitrogens with two attached hydrogens (primary N) is 1. The van der Waals surface area contributed by atoms with Crippen molar-refractivity contribution < 1.29 is 50.7 Å². The van der Waals surface area contributed by atoms with Gasteiger partial charge in [-0.2, -0.15) is 0 Å². The zero-order valence-corrected chi connectivity index (χ0v) is 23.4. The number of hydrogen-bond acceptors (Lipinski definition) is 14. The van der Waals surface area contributed by atoms with E-state index in [4.69, 9.17) is 45.1 Å². The molecule has 0 radical (unpaired) electrons.